The number of rotatable bonds is 8. The molecule has 0 saturated carbocycles. The highest BCUT2D eigenvalue weighted by Gasteiger charge is 2.16. The van der Waals surface area contributed by atoms with Crippen LogP contribution in [-0.2, 0) is 11.3 Å². The first kappa shape index (κ1) is 20.1. The minimum Gasteiger partial charge on any atom is -0.493 e. The van der Waals surface area contributed by atoms with E-state index < -0.39 is 0 Å². The van der Waals surface area contributed by atoms with Gasteiger partial charge in [-0.2, -0.15) is 0 Å². The second kappa shape index (κ2) is 9.50. The number of furan rings is 1. The summed E-state index contributed by atoms with van der Waals surface area (Å²) in [6, 6.07) is 16.6. The normalized spacial score (nSPS) is 11.1. The Labute approximate surface area is 169 Å². The highest BCUT2D eigenvalue weighted by molar-refractivity contribution is 6.24. The minimum atomic E-state index is -0.221. The molecule has 1 aromatic heterocycles. The summed E-state index contributed by atoms with van der Waals surface area (Å²) in [7, 11) is 4.66. The van der Waals surface area contributed by atoms with Gasteiger partial charge in [0.1, 0.15) is 5.76 Å². The van der Waals surface area contributed by atoms with Gasteiger partial charge in [0, 0.05) is 6.54 Å². The average Bonchev–Trinajstić information content (AvgIpc) is 3.28. The average molecular weight is 393 g/mol. The molecule has 6 nitrogen and oxygen atoms in total. The summed E-state index contributed by atoms with van der Waals surface area (Å²) in [4.78, 5) is 13.0. The van der Waals surface area contributed by atoms with Crippen LogP contribution >= 0.6 is 0 Å². The first-order valence-electron chi connectivity index (χ1n) is 9.04. The molecule has 0 unspecified atom stereocenters. The molecule has 0 bridgehead atoms. The number of benzene rings is 2. The van der Waals surface area contributed by atoms with Gasteiger partial charge in [-0.1, -0.05) is 30.3 Å². The molecule has 0 aliphatic heterocycles. The maximum Gasteiger partial charge on any atom is 0.252 e. The van der Waals surface area contributed by atoms with Gasteiger partial charge in [-0.05, 0) is 41.5 Å². The number of hydrogen-bond acceptors (Lipinski definition) is 5. The van der Waals surface area contributed by atoms with E-state index in [9.17, 15) is 4.79 Å². The van der Waals surface area contributed by atoms with Gasteiger partial charge in [-0.3, -0.25) is 4.79 Å². The Morgan fingerprint density at radius 2 is 1.66 bits per heavy atom. The van der Waals surface area contributed by atoms with E-state index in [1.807, 2.05) is 30.3 Å². The van der Waals surface area contributed by atoms with E-state index in [-0.39, 0.29) is 12.5 Å². The van der Waals surface area contributed by atoms with Crippen LogP contribution in [0.5, 0.6) is 17.2 Å². The number of hydrogen-bond donors (Lipinski definition) is 1. The van der Waals surface area contributed by atoms with Crippen LogP contribution in [0.2, 0.25) is 0 Å². The van der Waals surface area contributed by atoms with Gasteiger partial charge < -0.3 is 23.9 Å². The van der Waals surface area contributed by atoms with E-state index in [0.717, 1.165) is 11.1 Å². The molecule has 3 rings (SSSR count). The van der Waals surface area contributed by atoms with Crippen LogP contribution in [0.1, 0.15) is 16.9 Å². The van der Waals surface area contributed by atoms with Gasteiger partial charge in [0.15, 0.2) is 11.5 Å². The fourth-order valence-corrected chi connectivity index (χ4v) is 2.93. The van der Waals surface area contributed by atoms with Crippen molar-refractivity contribution in [3.63, 3.8) is 0 Å². The van der Waals surface area contributed by atoms with Crippen molar-refractivity contribution in [3.05, 3.63) is 77.7 Å². The molecule has 6 heteroatoms. The Morgan fingerprint density at radius 1 is 0.966 bits per heavy atom. The molecule has 0 aliphatic rings. The Morgan fingerprint density at radius 3 is 2.21 bits per heavy atom. The third-order valence-electron chi connectivity index (χ3n) is 4.34. The topological polar surface area (TPSA) is 69.9 Å². The Bertz CT molecular complexity index is 953. The SMILES string of the molecule is COc1cc(CNC(=O)/C(=C/c2ccco2)c2ccccc2)cc(OC)c1OC. The van der Waals surface area contributed by atoms with Crippen LogP contribution in [0, 0.1) is 0 Å². The Hall–Kier alpha value is -3.67. The van der Waals surface area contributed by atoms with Crippen LogP contribution in [0.25, 0.3) is 11.6 Å². The third-order valence-corrected chi connectivity index (χ3v) is 4.34. The molecule has 3 aromatic rings. The summed E-state index contributed by atoms with van der Waals surface area (Å²) in [5, 5.41) is 2.95. The summed E-state index contributed by atoms with van der Waals surface area (Å²) < 4.78 is 21.5. The van der Waals surface area contributed by atoms with E-state index in [4.69, 9.17) is 18.6 Å². The summed E-state index contributed by atoms with van der Waals surface area (Å²) in [5.74, 6) is 1.96. The molecule has 29 heavy (non-hydrogen) atoms. The molecule has 0 saturated heterocycles. The van der Waals surface area contributed by atoms with Crippen molar-refractivity contribution in [2.45, 2.75) is 6.54 Å². The maximum atomic E-state index is 13.0. The lowest BCUT2D eigenvalue weighted by atomic mass is 10.0. The maximum absolute atomic E-state index is 13.0. The van der Waals surface area contributed by atoms with Crippen LogP contribution in [-0.4, -0.2) is 27.2 Å². The summed E-state index contributed by atoms with van der Waals surface area (Å²) in [6.45, 7) is 0.290. The lowest BCUT2D eigenvalue weighted by Crippen LogP contribution is -2.24. The Balaban J connectivity index is 1.84. The Kier molecular flexibility index (Phi) is 6.58. The number of methoxy groups -OCH3 is 3. The van der Waals surface area contributed by atoms with Gasteiger partial charge in [-0.25, -0.2) is 0 Å². The van der Waals surface area contributed by atoms with Crippen molar-refractivity contribution in [1.82, 2.24) is 5.32 Å². The summed E-state index contributed by atoms with van der Waals surface area (Å²) >= 11 is 0. The van der Waals surface area contributed by atoms with Crippen LogP contribution < -0.4 is 19.5 Å². The molecular formula is C23H23NO5. The molecule has 0 fully saturated rings. The zero-order chi connectivity index (χ0) is 20.6. The number of carbonyl (C=O) groups is 1. The molecule has 1 heterocycles. The quantitative estimate of drug-likeness (QED) is 0.582. The highest BCUT2D eigenvalue weighted by Crippen LogP contribution is 2.38. The van der Waals surface area contributed by atoms with Gasteiger partial charge >= 0.3 is 0 Å². The first-order chi connectivity index (χ1) is 14.2. The third kappa shape index (κ3) is 4.79. The van der Waals surface area contributed by atoms with E-state index in [1.165, 1.54) is 0 Å². The van der Waals surface area contributed by atoms with Crippen molar-refractivity contribution in [2.75, 3.05) is 21.3 Å². The number of amides is 1. The van der Waals surface area contributed by atoms with Gasteiger partial charge in [0.25, 0.3) is 5.91 Å². The predicted octanol–water partition coefficient (Wildman–Crippen LogP) is 4.16. The minimum absolute atomic E-state index is 0.221. The molecule has 0 atom stereocenters. The molecular weight excluding hydrogens is 370 g/mol. The largest absolute Gasteiger partial charge is 0.493 e. The van der Waals surface area contributed by atoms with Gasteiger partial charge in [0.2, 0.25) is 5.75 Å². The van der Waals surface area contributed by atoms with E-state index in [1.54, 1.807) is 57.9 Å². The smallest absolute Gasteiger partial charge is 0.252 e. The molecule has 150 valence electrons. The zero-order valence-electron chi connectivity index (χ0n) is 16.6. The molecule has 0 aliphatic carbocycles. The van der Waals surface area contributed by atoms with E-state index in [2.05, 4.69) is 5.32 Å². The van der Waals surface area contributed by atoms with Gasteiger partial charge in [0.05, 0.1) is 33.2 Å². The van der Waals surface area contributed by atoms with Gasteiger partial charge in [-0.15, -0.1) is 0 Å². The lowest BCUT2D eigenvalue weighted by molar-refractivity contribution is -0.115. The monoisotopic (exact) mass is 393 g/mol. The second-order valence-corrected chi connectivity index (χ2v) is 6.16. The van der Waals surface area contributed by atoms with Crippen molar-refractivity contribution in [2.24, 2.45) is 0 Å². The standard InChI is InChI=1S/C23H23NO5/c1-26-20-12-16(13-21(27-2)22(20)28-3)15-24-23(25)19(14-18-10-7-11-29-18)17-8-5-4-6-9-17/h4-14H,15H2,1-3H3,(H,24,25)/b19-14+. The number of nitrogens with one attached hydrogen (secondary N) is 1. The zero-order valence-corrected chi connectivity index (χ0v) is 16.6. The number of carbonyl (C=O) groups excluding carboxylic acids is 1. The predicted molar refractivity (Wildman–Crippen MR) is 111 cm³/mol. The molecule has 0 radical (unpaired) electrons. The fourth-order valence-electron chi connectivity index (χ4n) is 2.93. The van der Waals surface area contributed by atoms with Crippen LogP contribution in [0.4, 0.5) is 0 Å². The van der Waals surface area contributed by atoms with Crippen LogP contribution in [0.3, 0.4) is 0 Å². The van der Waals surface area contributed by atoms with Crippen molar-refractivity contribution >= 4 is 17.6 Å². The molecule has 1 amide bonds. The van der Waals surface area contributed by atoms with E-state index in [0.29, 0.717) is 28.6 Å². The highest BCUT2D eigenvalue weighted by atomic mass is 16.5. The summed E-state index contributed by atoms with van der Waals surface area (Å²) in [5.41, 5.74) is 2.12. The molecule has 2 aromatic carbocycles. The fraction of sp³-hybridized carbons (Fsp3) is 0.174. The number of ether oxygens (including phenoxy) is 3. The van der Waals surface area contributed by atoms with Crippen molar-refractivity contribution < 1.29 is 23.4 Å². The van der Waals surface area contributed by atoms with Crippen LogP contribution in [0.15, 0.2) is 65.3 Å². The molecule has 1 N–H and O–H groups in total. The summed E-state index contributed by atoms with van der Waals surface area (Å²) in [6.07, 6.45) is 3.29. The molecule has 0 spiro atoms. The lowest BCUT2D eigenvalue weighted by Gasteiger charge is -2.15. The first-order valence-corrected chi connectivity index (χ1v) is 9.04. The second-order valence-electron chi connectivity index (χ2n) is 6.16. The van der Waals surface area contributed by atoms with Crippen molar-refractivity contribution in [3.8, 4) is 17.2 Å². The van der Waals surface area contributed by atoms with Crippen molar-refractivity contribution in [1.29, 1.82) is 0 Å². The van der Waals surface area contributed by atoms with E-state index >= 15 is 0 Å².